The summed E-state index contributed by atoms with van der Waals surface area (Å²) in [6.07, 6.45) is 2.07. The molecular formula is C21H30N2O5S. The van der Waals surface area contributed by atoms with Gasteiger partial charge < -0.3 is 14.4 Å². The number of rotatable bonds is 4. The largest absolute Gasteiger partial charge is 0.497 e. The zero-order valence-corrected chi connectivity index (χ0v) is 17.8. The molecule has 0 aromatic heterocycles. The lowest BCUT2D eigenvalue weighted by Gasteiger charge is -2.44. The molecule has 0 saturated carbocycles. The molecule has 1 aromatic carbocycles. The fourth-order valence-electron chi connectivity index (χ4n) is 4.91. The van der Waals surface area contributed by atoms with Crippen LogP contribution in [0.3, 0.4) is 0 Å². The second-order valence-electron chi connectivity index (χ2n) is 8.31. The number of hydrogen-bond acceptors (Lipinski definition) is 6. The van der Waals surface area contributed by atoms with E-state index in [1.165, 1.54) is 0 Å². The minimum absolute atomic E-state index is 0.107. The summed E-state index contributed by atoms with van der Waals surface area (Å²) in [6, 6.07) is 7.94. The lowest BCUT2D eigenvalue weighted by molar-refractivity contribution is -0.143. The Hall–Kier alpha value is -1.64. The van der Waals surface area contributed by atoms with Crippen LogP contribution in [0.15, 0.2) is 24.3 Å². The van der Waals surface area contributed by atoms with Crippen molar-refractivity contribution in [1.29, 1.82) is 0 Å². The molecule has 0 unspecified atom stereocenters. The SMILES string of the molecule is COc1ccc(C2(C(=O)N3CCN([C@H]4CCS(=O)(=O)C4)CC3)CCOCC2)cc1. The molecule has 3 aliphatic heterocycles. The highest BCUT2D eigenvalue weighted by Gasteiger charge is 2.45. The zero-order chi connectivity index (χ0) is 20.5. The Balaban J connectivity index is 1.47. The summed E-state index contributed by atoms with van der Waals surface area (Å²) >= 11 is 0. The number of piperazine rings is 1. The van der Waals surface area contributed by atoms with E-state index in [0.29, 0.717) is 45.6 Å². The average Bonchev–Trinajstić information content (AvgIpc) is 3.13. The second-order valence-corrected chi connectivity index (χ2v) is 10.5. The van der Waals surface area contributed by atoms with Crippen molar-refractivity contribution in [2.24, 2.45) is 0 Å². The molecule has 0 radical (unpaired) electrons. The summed E-state index contributed by atoms with van der Waals surface area (Å²) in [6.45, 7) is 3.93. The molecule has 3 fully saturated rings. The van der Waals surface area contributed by atoms with E-state index in [9.17, 15) is 13.2 Å². The topological polar surface area (TPSA) is 76.2 Å². The van der Waals surface area contributed by atoms with Crippen LogP contribution in [-0.4, -0.2) is 88.2 Å². The summed E-state index contributed by atoms with van der Waals surface area (Å²) < 4.78 is 34.4. The molecule has 1 atom stereocenters. The highest BCUT2D eigenvalue weighted by Crippen LogP contribution is 2.38. The van der Waals surface area contributed by atoms with Crippen molar-refractivity contribution in [3.63, 3.8) is 0 Å². The minimum atomic E-state index is -2.89. The van der Waals surface area contributed by atoms with Crippen LogP contribution in [0.2, 0.25) is 0 Å². The smallest absolute Gasteiger partial charge is 0.233 e. The van der Waals surface area contributed by atoms with Gasteiger partial charge in [0, 0.05) is 45.4 Å². The molecule has 0 N–H and O–H groups in total. The standard InChI is InChI=1S/C21H30N2O5S/c1-27-19-4-2-17(3-5-19)21(7-13-28-14-8-21)20(24)23-11-9-22(10-12-23)18-6-15-29(25,26)16-18/h2-5,18H,6-16H2,1H3/t18-/m0/s1. The predicted octanol–water partition coefficient (Wildman–Crippen LogP) is 1.07. The molecule has 0 bridgehead atoms. The van der Waals surface area contributed by atoms with Gasteiger partial charge in [-0.15, -0.1) is 0 Å². The van der Waals surface area contributed by atoms with Crippen LogP contribution in [0.25, 0.3) is 0 Å². The molecule has 3 saturated heterocycles. The first-order valence-corrected chi connectivity index (χ1v) is 12.2. The third-order valence-corrected chi connectivity index (χ3v) is 8.47. The Morgan fingerprint density at radius 1 is 1.10 bits per heavy atom. The molecular weight excluding hydrogens is 392 g/mol. The van der Waals surface area contributed by atoms with E-state index >= 15 is 0 Å². The Bertz CT molecular complexity index is 825. The van der Waals surface area contributed by atoms with Gasteiger partial charge in [0.15, 0.2) is 9.84 Å². The van der Waals surface area contributed by atoms with Crippen LogP contribution >= 0.6 is 0 Å². The lowest BCUT2D eigenvalue weighted by Crippen LogP contribution is -2.57. The number of amides is 1. The first-order chi connectivity index (χ1) is 13.9. The summed E-state index contributed by atoms with van der Waals surface area (Å²) in [5, 5.41) is 0. The first-order valence-electron chi connectivity index (χ1n) is 10.4. The second kappa shape index (κ2) is 8.24. The third-order valence-electron chi connectivity index (χ3n) is 6.72. The van der Waals surface area contributed by atoms with Gasteiger partial charge in [-0.1, -0.05) is 12.1 Å². The van der Waals surface area contributed by atoms with Gasteiger partial charge in [-0.25, -0.2) is 8.42 Å². The molecule has 0 aliphatic carbocycles. The van der Waals surface area contributed by atoms with E-state index in [0.717, 1.165) is 24.4 Å². The van der Waals surface area contributed by atoms with Crippen LogP contribution in [-0.2, 0) is 24.8 Å². The van der Waals surface area contributed by atoms with Crippen molar-refractivity contribution < 1.29 is 22.7 Å². The normalized spacial score (nSPS) is 26.9. The van der Waals surface area contributed by atoms with Crippen molar-refractivity contribution in [2.75, 3.05) is 58.0 Å². The Labute approximate surface area is 172 Å². The summed E-state index contributed by atoms with van der Waals surface area (Å²) in [7, 11) is -1.25. The number of sulfone groups is 1. The van der Waals surface area contributed by atoms with Crippen molar-refractivity contribution in [3.8, 4) is 5.75 Å². The molecule has 0 spiro atoms. The maximum Gasteiger partial charge on any atom is 0.233 e. The number of carbonyl (C=O) groups is 1. The molecule has 3 heterocycles. The molecule has 160 valence electrons. The summed E-state index contributed by atoms with van der Waals surface area (Å²) in [5.74, 6) is 1.50. The predicted molar refractivity (Wildman–Crippen MR) is 110 cm³/mol. The van der Waals surface area contributed by atoms with Gasteiger partial charge in [0.25, 0.3) is 0 Å². The van der Waals surface area contributed by atoms with Crippen molar-refractivity contribution in [1.82, 2.24) is 9.80 Å². The zero-order valence-electron chi connectivity index (χ0n) is 17.0. The van der Waals surface area contributed by atoms with Gasteiger partial charge in [0.1, 0.15) is 5.75 Å². The molecule has 4 rings (SSSR count). The van der Waals surface area contributed by atoms with Gasteiger partial charge >= 0.3 is 0 Å². The highest BCUT2D eigenvalue weighted by atomic mass is 32.2. The summed E-state index contributed by atoms with van der Waals surface area (Å²) in [5.41, 5.74) is 0.472. The molecule has 1 amide bonds. The number of nitrogens with zero attached hydrogens (tertiary/aromatic N) is 2. The molecule has 7 nitrogen and oxygen atoms in total. The fraction of sp³-hybridized carbons (Fsp3) is 0.667. The van der Waals surface area contributed by atoms with E-state index < -0.39 is 15.3 Å². The fourth-order valence-corrected chi connectivity index (χ4v) is 6.67. The van der Waals surface area contributed by atoms with Crippen LogP contribution < -0.4 is 4.74 Å². The molecule has 1 aromatic rings. The van der Waals surface area contributed by atoms with Crippen molar-refractivity contribution in [3.05, 3.63) is 29.8 Å². The highest BCUT2D eigenvalue weighted by molar-refractivity contribution is 7.91. The van der Waals surface area contributed by atoms with Gasteiger partial charge in [-0.05, 0) is 37.0 Å². The van der Waals surface area contributed by atoms with Crippen LogP contribution in [0, 0.1) is 0 Å². The van der Waals surface area contributed by atoms with Crippen molar-refractivity contribution >= 4 is 15.7 Å². The van der Waals surface area contributed by atoms with Gasteiger partial charge in [-0.2, -0.15) is 0 Å². The van der Waals surface area contributed by atoms with E-state index in [-0.39, 0.29) is 23.5 Å². The first kappa shape index (κ1) is 20.6. The van der Waals surface area contributed by atoms with Crippen LogP contribution in [0.4, 0.5) is 0 Å². The van der Waals surface area contributed by atoms with Crippen molar-refractivity contribution in [2.45, 2.75) is 30.7 Å². The lowest BCUT2D eigenvalue weighted by atomic mass is 9.73. The number of hydrogen-bond donors (Lipinski definition) is 0. The Kier molecular flexibility index (Phi) is 5.86. The number of methoxy groups -OCH3 is 1. The van der Waals surface area contributed by atoms with E-state index in [1.807, 2.05) is 29.2 Å². The van der Waals surface area contributed by atoms with E-state index in [1.54, 1.807) is 7.11 Å². The van der Waals surface area contributed by atoms with Crippen LogP contribution in [0.5, 0.6) is 5.75 Å². The monoisotopic (exact) mass is 422 g/mol. The summed E-state index contributed by atoms with van der Waals surface area (Å²) in [4.78, 5) is 17.9. The van der Waals surface area contributed by atoms with Gasteiger partial charge in [0.2, 0.25) is 5.91 Å². The number of benzene rings is 1. The maximum atomic E-state index is 13.7. The number of carbonyl (C=O) groups excluding carboxylic acids is 1. The minimum Gasteiger partial charge on any atom is -0.497 e. The number of ether oxygens (including phenoxy) is 2. The third kappa shape index (κ3) is 4.15. The van der Waals surface area contributed by atoms with Crippen LogP contribution in [0.1, 0.15) is 24.8 Å². The van der Waals surface area contributed by atoms with E-state index in [2.05, 4.69) is 4.90 Å². The van der Waals surface area contributed by atoms with Gasteiger partial charge in [0.05, 0.1) is 24.0 Å². The Morgan fingerprint density at radius 2 is 1.76 bits per heavy atom. The molecule has 8 heteroatoms. The van der Waals surface area contributed by atoms with E-state index in [4.69, 9.17) is 9.47 Å². The maximum absolute atomic E-state index is 13.7. The quantitative estimate of drug-likeness (QED) is 0.723. The molecule has 3 aliphatic rings. The average molecular weight is 423 g/mol. The van der Waals surface area contributed by atoms with Gasteiger partial charge in [-0.3, -0.25) is 9.69 Å². The Morgan fingerprint density at radius 3 is 2.31 bits per heavy atom. The molecule has 29 heavy (non-hydrogen) atoms.